The lowest BCUT2D eigenvalue weighted by molar-refractivity contribution is 0.102. The fourth-order valence-electron chi connectivity index (χ4n) is 1.97. The Kier molecular flexibility index (Phi) is 3.12. The summed E-state index contributed by atoms with van der Waals surface area (Å²) in [6, 6.07) is 11.3. The normalized spacial score (nSPS) is 10.7. The zero-order chi connectivity index (χ0) is 14.1. The summed E-state index contributed by atoms with van der Waals surface area (Å²) in [6.07, 6.45) is 0. The fourth-order valence-corrected chi connectivity index (χ4v) is 2.74. The number of hydrogen-bond donors (Lipinski definition) is 2. The van der Waals surface area contributed by atoms with E-state index in [2.05, 4.69) is 5.32 Å². The van der Waals surface area contributed by atoms with E-state index < -0.39 is 11.7 Å². The van der Waals surface area contributed by atoms with Crippen LogP contribution >= 0.6 is 11.3 Å². The third-order valence-electron chi connectivity index (χ3n) is 2.97. The zero-order valence-corrected chi connectivity index (χ0v) is 11.2. The number of halogens is 1. The van der Waals surface area contributed by atoms with Gasteiger partial charge in [-0.15, -0.1) is 11.3 Å². The summed E-state index contributed by atoms with van der Waals surface area (Å²) >= 11 is 1.63. The molecule has 0 aliphatic rings. The van der Waals surface area contributed by atoms with Gasteiger partial charge in [-0.1, -0.05) is 0 Å². The van der Waals surface area contributed by atoms with Crippen LogP contribution in [0.25, 0.3) is 10.1 Å². The Morgan fingerprint density at radius 3 is 2.85 bits per heavy atom. The molecule has 3 N–H and O–H groups in total. The minimum atomic E-state index is -0.488. The molecular formula is C15H11FN2OS. The molecule has 5 heteroatoms. The molecule has 1 amide bonds. The van der Waals surface area contributed by atoms with E-state index in [9.17, 15) is 9.18 Å². The Morgan fingerprint density at radius 1 is 1.15 bits per heavy atom. The number of carbonyl (C=O) groups excluding carboxylic acids is 1. The topological polar surface area (TPSA) is 55.1 Å². The Hall–Kier alpha value is -2.40. The van der Waals surface area contributed by atoms with E-state index in [4.69, 9.17) is 5.73 Å². The molecule has 0 atom stereocenters. The van der Waals surface area contributed by atoms with E-state index in [1.807, 2.05) is 29.6 Å². The summed E-state index contributed by atoms with van der Waals surface area (Å²) in [5.74, 6) is -0.908. The number of thiophene rings is 1. The van der Waals surface area contributed by atoms with Gasteiger partial charge in [-0.3, -0.25) is 4.79 Å². The smallest absolute Gasteiger partial charge is 0.257 e. The predicted molar refractivity (Wildman–Crippen MR) is 80.6 cm³/mol. The van der Waals surface area contributed by atoms with E-state index in [0.717, 1.165) is 16.2 Å². The SMILES string of the molecule is Nc1ccc(F)cc1C(=O)Nc1ccc2sccc2c1. The zero-order valence-electron chi connectivity index (χ0n) is 10.4. The summed E-state index contributed by atoms with van der Waals surface area (Å²) in [4.78, 5) is 12.1. The van der Waals surface area contributed by atoms with E-state index in [1.54, 1.807) is 11.3 Å². The van der Waals surface area contributed by atoms with Gasteiger partial charge >= 0.3 is 0 Å². The van der Waals surface area contributed by atoms with Gasteiger partial charge in [-0.05, 0) is 53.2 Å². The average molecular weight is 286 g/mol. The quantitative estimate of drug-likeness (QED) is 0.702. The Balaban J connectivity index is 1.89. The fraction of sp³-hybridized carbons (Fsp3) is 0. The van der Waals surface area contributed by atoms with Gasteiger partial charge in [-0.2, -0.15) is 0 Å². The number of nitrogens with one attached hydrogen (secondary N) is 1. The lowest BCUT2D eigenvalue weighted by Gasteiger charge is -2.08. The summed E-state index contributed by atoms with van der Waals surface area (Å²) in [5, 5.41) is 5.77. The van der Waals surface area contributed by atoms with Crippen molar-refractivity contribution in [1.82, 2.24) is 0 Å². The van der Waals surface area contributed by atoms with Crippen molar-refractivity contribution >= 4 is 38.7 Å². The molecule has 0 aliphatic heterocycles. The lowest BCUT2D eigenvalue weighted by Crippen LogP contribution is -2.14. The van der Waals surface area contributed by atoms with Crippen molar-refractivity contribution in [3.05, 3.63) is 59.2 Å². The van der Waals surface area contributed by atoms with Crippen LogP contribution in [0.15, 0.2) is 47.8 Å². The van der Waals surface area contributed by atoms with Crippen LogP contribution in [0.4, 0.5) is 15.8 Å². The highest BCUT2D eigenvalue weighted by atomic mass is 32.1. The van der Waals surface area contributed by atoms with Crippen LogP contribution in [0.3, 0.4) is 0 Å². The maximum atomic E-state index is 13.2. The molecule has 0 fully saturated rings. The number of benzene rings is 2. The van der Waals surface area contributed by atoms with Crippen molar-refractivity contribution in [2.24, 2.45) is 0 Å². The van der Waals surface area contributed by atoms with Crippen LogP contribution in [0.2, 0.25) is 0 Å². The highest BCUT2D eigenvalue weighted by Crippen LogP contribution is 2.24. The van der Waals surface area contributed by atoms with E-state index in [-0.39, 0.29) is 11.3 Å². The molecule has 2 aromatic carbocycles. The van der Waals surface area contributed by atoms with Gasteiger partial charge in [0.05, 0.1) is 5.56 Å². The summed E-state index contributed by atoms with van der Waals surface area (Å²) in [6.45, 7) is 0. The third-order valence-corrected chi connectivity index (χ3v) is 3.87. The van der Waals surface area contributed by atoms with Crippen LogP contribution in [-0.4, -0.2) is 5.91 Å². The van der Waals surface area contributed by atoms with Crippen molar-refractivity contribution in [2.45, 2.75) is 0 Å². The van der Waals surface area contributed by atoms with Gasteiger partial charge in [0.25, 0.3) is 5.91 Å². The van der Waals surface area contributed by atoms with E-state index >= 15 is 0 Å². The highest BCUT2D eigenvalue weighted by Gasteiger charge is 2.11. The molecule has 3 rings (SSSR count). The van der Waals surface area contributed by atoms with E-state index in [0.29, 0.717) is 5.69 Å². The molecule has 0 bridgehead atoms. The summed E-state index contributed by atoms with van der Waals surface area (Å²) in [5.41, 5.74) is 6.73. The first-order valence-electron chi connectivity index (χ1n) is 5.97. The predicted octanol–water partition coefficient (Wildman–Crippen LogP) is 3.87. The summed E-state index contributed by atoms with van der Waals surface area (Å²) < 4.78 is 14.3. The molecule has 0 unspecified atom stereocenters. The molecule has 3 aromatic rings. The molecule has 1 aromatic heterocycles. The third kappa shape index (κ3) is 2.35. The van der Waals surface area contributed by atoms with E-state index in [1.165, 1.54) is 12.1 Å². The Labute approximate surface area is 118 Å². The van der Waals surface area contributed by atoms with Crippen molar-refractivity contribution in [1.29, 1.82) is 0 Å². The molecule has 0 saturated carbocycles. The largest absolute Gasteiger partial charge is 0.398 e. The average Bonchev–Trinajstić information content (AvgIpc) is 2.89. The van der Waals surface area contributed by atoms with Gasteiger partial charge in [0.1, 0.15) is 5.82 Å². The number of carbonyl (C=O) groups is 1. The Bertz CT molecular complexity index is 797. The van der Waals surface area contributed by atoms with Crippen molar-refractivity contribution in [2.75, 3.05) is 11.1 Å². The molecule has 0 spiro atoms. The number of nitrogen functional groups attached to an aromatic ring is 1. The molecule has 1 heterocycles. The Morgan fingerprint density at radius 2 is 2.00 bits per heavy atom. The van der Waals surface area contributed by atoms with Gasteiger partial charge in [0, 0.05) is 16.1 Å². The van der Waals surface area contributed by atoms with Crippen molar-refractivity contribution in [3.63, 3.8) is 0 Å². The van der Waals surface area contributed by atoms with Crippen LogP contribution in [0.1, 0.15) is 10.4 Å². The molecule has 0 radical (unpaired) electrons. The molecule has 0 saturated heterocycles. The number of nitrogens with two attached hydrogens (primary N) is 1. The maximum Gasteiger partial charge on any atom is 0.257 e. The minimum absolute atomic E-state index is 0.135. The number of anilines is 2. The van der Waals surface area contributed by atoms with Gasteiger partial charge in [0.15, 0.2) is 0 Å². The molecule has 3 nitrogen and oxygen atoms in total. The second-order valence-electron chi connectivity index (χ2n) is 4.36. The maximum absolute atomic E-state index is 13.2. The van der Waals surface area contributed by atoms with Crippen molar-refractivity contribution in [3.8, 4) is 0 Å². The van der Waals surface area contributed by atoms with Gasteiger partial charge < -0.3 is 11.1 Å². The molecule has 100 valence electrons. The van der Waals surface area contributed by atoms with Crippen LogP contribution in [-0.2, 0) is 0 Å². The van der Waals surface area contributed by atoms with Crippen LogP contribution in [0, 0.1) is 5.82 Å². The standard InChI is InChI=1S/C15H11FN2OS/c16-10-1-3-13(17)12(8-10)15(19)18-11-2-4-14-9(7-11)5-6-20-14/h1-8H,17H2,(H,18,19). The van der Waals surface area contributed by atoms with Crippen molar-refractivity contribution < 1.29 is 9.18 Å². The molecule has 0 aliphatic carbocycles. The number of rotatable bonds is 2. The lowest BCUT2D eigenvalue weighted by atomic mass is 10.1. The minimum Gasteiger partial charge on any atom is -0.398 e. The summed E-state index contributed by atoms with van der Waals surface area (Å²) in [7, 11) is 0. The number of amides is 1. The monoisotopic (exact) mass is 286 g/mol. The first kappa shape index (κ1) is 12.6. The first-order chi connectivity index (χ1) is 9.63. The second-order valence-corrected chi connectivity index (χ2v) is 5.31. The second kappa shape index (κ2) is 4.94. The van der Waals surface area contributed by atoms with Crippen LogP contribution < -0.4 is 11.1 Å². The van der Waals surface area contributed by atoms with Gasteiger partial charge in [0.2, 0.25) is 0 Å². The first-order valence-corrected chi connectivity index (χ1v) is 6.85. The molecule has 20 heavy (non-hydrogen) atoms. The van der Waals surface area contributed by atoms with Gasteiger partial charge in [-0.25, -0.2) is 4.39 Å². The van der Waals surface area contributed by atoms with Crippen LogP contribution in [0.5, 0.6) is 0 Å². The number of hydrogen-bond acceptors (Lipinski definition) is 3. The molecular weight excluding hydrogens is 275 g/mol. The number of fused-ring (bicyclic) bond motifs is 1. The highest BCUT2D eigenvalue weighted by molar-refractivity contribution is 7.17.